The van der Waals surface area contributed by atoms with Crippen LogP contribution in [0.1, 0.15) is 5.56 Å². The Hall–Kier alpha value is -2.86. The van der Waals surface area contributed by atoms with Gasteiger partial charge in [0, 0.05) is 22.9 Å². The molecule has 0 spiro atoms. The molecule has 1 heterocycles. The highest BCUT2D eigenvalue weighted by Gasteiger charge is 2.17. The highest BCUT2D eigenvalue weighted by atomic mass is 16.4. The largest absolute Gasteiger partial charge is 0.479 e. The van der Waals surface area contributed by atoms with Gasteiger partial charge in [0.1, 0.15) is 0 Å². The molecule has 6 nitrogen and oxygen atoms in total. The highest BCUT2D eigenvalue weighted by molar-refractivity contribution is 6.08. The second kappa shape index (κ2) is 5.16. The number of nitrogen functional groups attached to an aromatic ring is 2. The number of aliphatic carboxylic acids is 1. The van der Waals surface area contributed by atoms with Gasteiger partial charge in [-0.2, -0.15) is 0 Å². The topological polar surface area (TPSA) is 122 Å². The number of hydrogen-bond acceptors (Lipinski definition) is 5. The van der Waals surface area contributed by atoms with Crippen molar-refractivity contribution < 1.29 is 15.0 Å². The number of carbonyl (C=O) groups is 1. The number of aliphatic hydroxyl groups is 1. The minimum absolute atomic E-state index is 0.0287. The standard InChI is InChI=1S/C16H15N3O3/c17-9-4-5-10-12(7-9)19-11-3-1-2-8(14(11)15(10)18)6-13(20)16(21)22/h1-5,7,13,20H,6,17H2,(H2,18,19)(H,21,22). The Labute approximate surface area is 126 Å². The molecule has 0 aliphatic heterocycles. The number of pyridine rings is 1. The highest BCUT2D eigenvalue weighted by Crippen LogP contribution is 2.32. The first-order chi connectivity index (χ1) is 10.5. The lowest BCUT2D eigenvalue weighted by molar-refractivity contribution is -0.146. The van der Waals surface area contributed by atoms with Gasteiger partial charge in [0.2, 0.25) is 0 Å². The van der Waals surface area contributed by atoms with Crippen molar-refractivity contribution in [2.75, 3.05) is 11.5 Å². The zero-order chi connectivity index (χ0) is 15.9. The number of nitrogens with two attached hydrogens (primary N) is 2. The van der Waals surface area contributed by atoms with Crippen LogP contribution in [0.5, 0.6) is 0 Å². The molecule has 0 fully saturated rings. The third kappa shape index (κ3) is 2.29. The fourth-order valence-electron chi connectivity index (χ4n) is 2.59. The molecular weight excluding hydrogens is 282 g/mol. The second-order valence-electron chi connectivity index (χ2n) is 5.17. The Morgan fingerprint density at radius 2 is 1.95 bits per heavy atom. The summed E-state index contributed by atoms with van der Waals surface area (Å²) in [4.78, 5) is 15.4. The van der Waals surface area contributed by atoms with Crippen molar-refractivity contribution >= 4 is 39.1 Å². The summed E-state index contributed by atoms with van der Waals surface area (Å²) >= 11 is 0. The van der Waals surface area contributed by atoms with E-state index in [4.69, 9.17) is 16.6 Å². The van der Waals surface area contributed by atoms with Crippen LogP contribution in [0.15, 0.2) is 36.4 Å². The summed E-state index contributed by atoms with van der Waals surface area (Å²) in [6.07, 6.45) is -1.51. The Kier molecular flexibility index (Phi) is 3.30. The zero-order valence-electron chi connectivity index (χ0n) is 11.7. The van der Waals surface area contributed by atoms with Gasteiger partial charge in [-0.15, -0.1) is 0 Å². The van der Waals surface area contributed by atoms with E-state index in [0.717, 1.165) is 5.39 Å². The SMILES string of the molecule is Nc1ccc2c(N)c3c(CC(O)C(=O)O)cccc3nc2c1. The molecule has 0 aliphatic carbocycles. The van der Waals surface area contributed by atoms with Crippen LogP contribution < -0.4 is 11.5 Å². The van der Waals surface area contributed by atoms with Crippen molar-refractivity contribution in [3.05, 3.63) is 42.0 Å². The van der Waals surface area contributed by atoms with Gasteiger partial charge in [-0.25, -0.2) is 9.78 Å². The number of anilines is 2. The lowest BCUT2D eigenvalue weighted by Gasteiger charge is -2.13. The lowest BCUT2D eigenvalue weighted by atomic mass is 9.99. The molecule has 0 amide bonds. The number of carboxylic acid groups (broad SMARTS) is 1. The van der Waals surface area contributed by atoms with E-state index in [9.17, 15) is 9.90 Å². The molecule has 6 N–H and O–H groups in total. The average Bonchev–Trinajstić information content (AvgIpc) is 2.46. The number of aliphatic hydroxyl groups excluding tert-OH is 1. The van der Waals surface area contributed by atoms with Gasteiger partial charge in [-0.3, -0.25) is 0 Å². The summed E-state index contributed by atoms with van der Waals surface area (Å²) in [5.74, 6) is -1.27. The maximum Gasteiger partial charge on any atom is 0.332 e. The predicted octanol–water partition coefficient (Wildman–Crippen LogP) is 1.54. The van der Waals surface area contributed by atoms with E-state index in [1.165, 1.54) is 0 Å². The van der Waals surface area contributed by atoms with Crippen molar-refractivity contribution in [1.29, 1.82) is 0 Å². The first-order valence-corrected chi connectivity index (χ1v) is 6.74. The van der Waals surface area contributed by atoms with Gasteiger partial charge in [0.05, 0.1) is 16.7 Å². The van der Waals surface area contributed by atoms with Crippen LogP contribution in [-0.2, 0) is 11.2 Å². The van der Waals surface area contributed by atoms with Crippen LogP contribution in [0.3, 0.4) is 0 Å². The molecule has 1 aromatic heterocycles. The molecule has 0 saturated heterocycles. The zero-order valence-corrected chi connectivity index (χ0v) is 11.7. The number of hydrogen-bond donors (Lipinski definition) is 4. The fraction of sp³-hybridized carbons (Fsp3) is 0.125. The van der Waals surface area contributed by atoms with Crippen molar-refractivity contribution in [3.63, 3.8) is 0 Å². The quantitative estimate of drug-likeness (QED) is 0.429. The molecule has 0 bridgehead atoms. The van der Waals surface area contributed by atoms with Gasteiger partial charge in [0.25, 0.3) is 0 Å². The van der Waals surface area contributed by atoms with Gasteiger partial charge in [-0.1, -0.05) is 12.1 Å². The smallest absolute Gasteiger partial charge is 0.332 e. The molecule has 112 valence electrons. The predicted molar refractivity (Wildman–Crippen MR) is 85.4 cm³/mol. The third-order valence-electron chi connectivity index (χ3n) is 3.65. The van der Waals surface area contributed by atoms with E-state index in [2.05, 4.69) is 4.98 Å². The fourth-order valence-corrected chi connectivity index (χ4v) is 2.59. The van der Waals surface area contributed by atoms with Crippen LogP contribution >= 0.6 is 0 Å². The Morgan fingerprint density at radius 1 is 1.18 bits per heavy atom. The molecule has 0 radical (unpaired) electrons. The molecule has 0 saturated carbocycles. The molecule has 3 rings (SSSR count). The van der Waals surface area contributed by atoms with E-state index in [-0.39, 0.29) is 6.42 Å². The second-order valence-corrected chi connectivity index (χ2v) is 5.17. The Morgan fingerprint density at radius 3 is 2.68 bits per heavy atom. The van der Waals surface area contributed by atoms with Gasteiger partial charge >= 0.3 is 5.97 Å². The van der Waals surface area contributed by atoms with Crippen LogP contribution in [0.2, 0.25) is 0 Å². The van der Waals surface area contributed by atoms with E-state index < -0.39 is 12.1 Å². The summed E-state index contributed by atoms with van der Waals surface area (Å²) in [5.41, 5.74) is 15.1. The van der Waals surface area contributed by atoms with Crippen LogP contribution in [0, 0.1) is 0 Å². The lowest BCUT2D eigenvalue weighted by Crippen LogP contribution is -2.22. The maximum absolute atomic E-state index is 10.9. The number of fused-ring (bicyclic) bond motifs is 2. The average molecular weight is 297 g/mol. The summed E-state index contributed by atoms with van der Waals surface area (Å²) in [5, 5.41) is 19.9. The van der Waals surface area contributed by atoms with E-state index in [1.807, 2.05) is 0 Å². The third-order valence-corrected chi connectivity index (χ3v) is 3.65. The van der Waals surface area contributed by atoms with Crippen LogP contribution in [0.4, 0.5) is 11.4 Å². The molecule has 0 aliphatic rings. The van der Waals surface area contributed by atoms with Gasteiger partial charge in [-0.05, 0) is 29.8 Å². The van der Waals surface area contributed by atoms with Gasteiger partial charge < -0.3 is 21.7 Å². The van der Waals surface area contributed by atoms with Crippen molar-refractivity contribution in [2.45, 2.75) is 12.5 Å². The van der Waals surface area contributed by atoms with E-state index >= 15 is 0 Å². The molecule has 1 atom stereocenters. The van der Waals surface area contributed by atoms with Crippen molar-refractivity contribution in [2.24, 2.45) is 0 Å². The van der Waals surface area contributed by atoms with E-state index in [1.54, 1.807) is 36.4 Å². The van der Waals surface area contributed by atoms with Crippen LogP contribution in [-0.4, -0.2) is 27.3 Å². The molecule has 2 aromatic carbocycles. The first-order valence-electron chi connectivity index (χ1n) is 6.74. The van der Waals surface area contributed by atoms with E-state index in [0.29, 0.717) is 33.4 Å². The summed E-state index contributed by atoms with van der Waals surface area (Å²) in [6.45, 7) is 0. The summed E-state index contributed by atoms with van der Waals surface area (Å²) in [7, 11) is 0. The van der Waals surface area contributed by atoms with Crippen LogP contribution in [0.25, 0.3) is 21.8 Å². The van der Waals surface area contributed by atoms with Crippen molar-refractivity contribution in [3.8, 4) is 0 Å². The summed E-state index contributed by atoms with van der Waals surface area (Å²) in [6, 6.07) is 10.6. The number of nitrogens with zero attached hydrogens (tertiary/aromatic N) is 1. The first kappa shape index (κ1) is 14.1. The number of aromatic nitrogens is 1. The monoisotopic (exact) mass is 297 g/mol. The number of benzene rings is 2. The molecule has 22 heavy (non-hydrogen) atoms. The Bertz CT molecular complexity index is 893. The molecular formula is C16H15N3O3. The molecule has 1 unspecified atom stereocenters. The maximum atomic E-state index is 10.9. The number of rotatable bonds is 3. The van der Waals surface area contributed by atoms with Gasteiger partial charge in [0.15, 0.2) is 6.10 Å². The number of carboxylic acids is 1. The minimum atomic E-state index is -1.48. The normalized spacial score (nSPS) is 12.6. The Balaban J connectivity index is 2.27. The summed E-state index contributed by atoms with van der Waals surface area (Å²) < 4.78 is 0. The van der Waals surface area contributed by atoms with Crippen molar-refractivity contribution in [1.82, 2.24) is 4.98 Å². The molecule has 3 aromatic rings. The minimum Gasteiger partial charge on any atom is -0.479 e. The molecule has 6 heteroatoms.